The average molecular weight is 876 g/mol. The molecule has 5 nitrogen and oxygen atoms in total. The third-order valence-corrected chi connectivity index (χ3v) is 14.8. The number of para-hydroxylation sites is 4. The number of anilines is 1. The molecule has 1 aliphatic carbocycles. The summed E-state index contributed by atoms with van der Waals surface area (Å²) >= 11 is 0. The quantitative estimate of drug-likeness (QED) is 0.169. The maximum atomic E-state index is 6.97. The first-order valence-corrected chi connectivity index (χ1v) is 23.6. The Morgan fingerprint density at radius 3 is 1.40 bits per heavy atom. The fourth-order valence-electron chi connectivity index (χ4n) is 11.4. The summed E-state index contributed by atoms with van der Waals surface area (Å²) in [6.45, 7) is 5.83. The summed E-state index contributed by atoms with van der Waals surface area (Å²) in [6.07, 6.45) is 0. The van der Waals surface area contributed by atoms with E-state index in [2.05, 4.69) is 240 Å². The number of rotatable bonds is 5. The third-order valence-electron chi connectivity index (χ3n) is 14.8. The van der Waals surface area contributed by atoms with Crippen molar-refractivity contribution in [1.29, 1.82) is 0 Å². The second-order valence-electron chi connectivity index (χ2n) is 18.8. The maximum Gasteiger partial charge on any atom is 0.0541 e. The Balaban J connectivity index is 0.000000226. The monoisotopic (exact) mass is 875 g/mol. The number of nitrogens with two attached hydrogens (primary N) is 2. The summed E-state index contributed by atoms with van der Waals surface area (Å²) in [7, 11) is 0. The van der Waals surface area contributed by atoms with Gasteiger partial charge in [0, 0.05) is 66.7 Å². The van der Waals surface area contributed by atoms with Gasteiger partial charge in [-0.3, -0.25) is 0 Å². The minimum absolute atomic E-state index is 0.0944. The van der Waals surface area contributed by atoms with E-state index in [1.807, 2.05) is 0 Å². The van der Waals surface area contributed by atoms with E-state index >= 15 is 0 Å². The van der Waals surface area contributed by atoms with Crippen molar-refractivity contribution in [2.45, 2.75) is 32.4 Å². The summed E-state index contributed by atoms with van der Waals surface area (Å²) in [5, 5.41) is 9.73. The van der Waals surface area contributed by atoms with E-state index in [1.165, 1.54) is 93.2 Å². The zero-order valence-corrected chi connectivity index (χ0v) is 38.1. The van der Waals surface area contributed by atoms with Crippen LogP contribution in [0, 0.1) is 0 Å². The minimum atomic E-state index is 0.0944. The SMILES string of the molecule is CC1(C)c2ccccc2-c2ccc(CN)cc21.Nc1c(Cn2c3cc(-n4c5ccccc5c5ccccc54)ccc3c3ccc(-n4c5ccccc5c5ccccc54)cc32)ccc2ccccc12. The number of hydrogen-bond acceptors (Lipinski definition) is 2. The van der Waals surface area contributed by atoms with Crippen molar-refractivity contribution in [1.82, 2.24) is 13.7 Å². The molecule has 0 spiro atoms. The molecular formula is C63H49N5. The highest BCUT2D eigenvalue weighted by Crippen LogP contribution is 2.48. The topological polar surface area (TPSA) is 66.8 Å². The molecule has 0 aliphatic heterocycles. The van der Waals surface area contributed by atoms with Crippen molar-refractivity contribution in [2.75, 3.05) is 5.73 Å². The van der Waals surface area contributed by atoms with Gasteiger partial charge in [-0.2, -0.15) is 0 Å². The molecule has 3 aromatic heterocycles. The average Bonchev–Trinajstić information content (AvgIpc) is 4.08. The maximum absolute atomic E-state index is 6.97. The van der Waals surface area contributed by atoms with Crippen molar-refractivity contribution >= 4 is 81.9 Å². The first kappa shape index (κ1) is 39.9. The molecule has 0 fully saturated rings. The van der Waals surface area contributed by atoms with E-state index in [0.29, 0.717) is 13.1 Å². The van der Waals surface area contributed by atoms with Crippen LogP contribution in [0.4, 0.5) is 5.69 Å². The van der Waals surface area contributed by atoms with Gasteiger partial charge in [0.1, 0.15) is 0 Å². The minimum Gasteiger partial charge on any atom is -0.398 e. The van der Waals surface area contributed by atoms with Crippen molar-refractivity contribution in [3.8, 4) is 22.5 Å². The molecule has 68 heavy (non-hydrogen) atoms. The van der Waals surface area contributed by atoms with Crippen LogP contribution in [-0.2, 0) is 18.5 Å². The molecular weight excluding hydrogens is 827 g/mol. The van der Waals surface area contributed by atoms with Gasteiger partial charge >= 0.3 is 0 Å². The van der Waals surface area contributed by atoms with Crippen LogP contribution in [0.1, 0.15) is 36.1 Å². The second-order valence-corrected chi connectivity index (χ2v) is 18.8. The Morgan fingerprint density at radius 2 is 0.853 bits per heavy atom. The van der Waals surface area contributed by atoms with Gasteiger partial charge in [-0.05, 0) is 87.3 Å². The Bertz CT molecular complexity index is 3880. The normalized spacial score (nSPS) is 12.9. The number of aromatic nitrogens is 3. The van der Waals surface area contributed by atoms with Crippen molar-refractivity contribution < 1.29 is 0 Å². The number of nitrogen functional groups attached to an aromatic ring is 1. The number of fused-ring (bicyclic) bond motifs is 13. The van der Waals surface area contributed by atoms with Crippen molar-refractivity contribution in [3.05, 3.63) is 235 Å². The summed E-state index contributed by atoms with van der Waals surface area (Å²) in [5.41, 5.74) is 30.9. The zero-order chi connectivity index (χ0) is 45.7. The summed E-state index contributed by atoms with van der Waals surface area (Å²) in [5.74, 6) is 0. The van der Waals surface area contributed by atoms with Crippen LogP contribution in [0.2, 0.25) is 0 Å². The Labute approximate surface area is 394 Å². The smallest absolute Gasteiger partial charge is 0.0541 e. The van der Waals surface area contributed by atoms with Crippen LogP contribution in [0.5, 0.6) is 0 Å². The van der Waals surface area contributed by atoms with E-state index < -0.39 is 0 Å². The third kappa shape index (κ3) is 5.99. The van der Waals surface area contributed by atoms with Gasteiger partial charge in [0.2, 0.25) is 0 Å². The number of hydrogen-bond donors (Lipinski definition) is 2. The van der Waals surface area contributed by atoms with Crippen LogP contribution in [0.25, 0.3) is 98.7 Å². The highest BCUT2D eigenvalue weighted by Gasteiger charge is 2.35. The van der Waals surface area contributed by atoms with Crippen molar-refractivity contribution in [2.24, 2.45) is 5.73 Å². The molecule has 0 radical (unpaired) electrons. The zero-order valence-electron chi connectivity index (χ0n) is 38.1. The standard InChI is InChI=1S/C47H32N4.C16H17N/c48-47-31(22-21-30-11-1-2-12-34(30)47)29-49-45-27-32(50-41-17-7-3-13-35(41)36-14-4-8-18-42(36)50)23-25-39(45)40-26-24-33(28-46(40)49)51-43-19-9-5-15-37(43)38-16-6-10-20-44(38)51;1-16(2)14-6-4-3-5-12(14)13-8-7-11(10-17)9-15(13)16/h1-28H,29,48H2;3-9H,10,17H2,1-2H3. The predicted molar refractivity (Wildman–Crippen MR) is 287 cm³/mol. The lowest BCUT2D eigenvalue weighted by atomic mass is 9.82. The molecule has 3 heterocycles. The molecule has 0 unspecified atom stereocenters. The van der Waals surface area contributed by atoms with Crippen LogP contribution in [0.15, 0.2) is 212 Å². The molecule has 0 saturated heterocycles. The van der Waals surface area contributed by atoms with E-state index in [1.54, 1.807) is 0 Å². The first-order chi connectivity index (χ1) is 33.4. The predicted octanol–water partition coefficient (Wildman–Crippen LogP) is 15.2. The molecule has 1 aliphatic rings. The Hall–Kier alpha value is -8.38. The van der Waals surface area contributed by atoms with Crippen LogP contribution in [-0.4, -0.2) is 13.7 Å². The summed E-state index contributed by atoms with van der Waals surface area (Å²) < 4.78 is 7.28. The number of benzene rings is 10. The second kappa shape index (κ2) is 15.3. The summed E-state index contributed by atoms with van der Waals surface area (Å²) in [6, 6.07) is 76.8. The largest absolute Gasteiger partial charge is 0.398 e. The molecule has 0 amide bonds. The highest BCUT2D eigenvalue weighted by atomic mass is 15.0. The molecule has 10 aromatic carbocycles. The van der Waals surface area contributed by atoms with E-state index in [0.717, 1.165) is 33.4 Å². The van der Waals surface area contributed by atoms with E-state index in [9.17, 15) is 0 Å². The summed E-state index contributed by atoms with van der Waals surface area (Å²) in [4.78, 5) is 0. The molecule has 326 valence electrons. The van der Waals surface area contributed by atoms with Gasteiger partial charge in [0.05, 0.1) is 39.6 Å². The van der Waals surface area contributed by atoms with Crippen LogP contribution < -0.4 is 11.5 Å². The van der Waals surface area contributed by atoms with Gasteiger partial charge in [-0.15, -0.1) is 0 Å². The lowest BCUT2D eigenvalue weighted by Gasteiger charge is -2.21. The fraction of sp³-hybridized carbons (Fsp3) is 0.0794. The lowest BCUT2D eigenvalue weighted by molar-refractivity contribution is 0.659. The molecule has 13 aromatic rings. The molecule has 0 bridgehead atoms. The van der Waals surface area contributed by atoms with E-state index in [4.69, 9.17) is 11.5 Å². The fourth-order valence-corrected chi connectivity index (χ4v) is 11.4. The van der Waals surface area contributed by atoms with Crippen LogP contribution >= 0.6 is 0 Å². The molecule has 5 heteroatoms. The lowest BCUT2D eigenvalue weighted by Crippen LogP contribution is -2.15. The Kier molecular flexibility index (Phi) is 9.01. The van der Waals surface area contributed by atoms with Crippen molar-refractivity contribution in [3.63, 3.8) is 0 Å². The Morgan fingerprint density at radius 1 is 0.397 bits per heavy atom. The first-order valence-electron chi connectivity index (χ1n) is 23.6. The molecule has 14 rings (SSSR count). The van der Waals surface area contributed by atoms with Gasteiger partial charge in [-0.1, -0.05) is 178 Å². The molecule has 0 saturated carbocycles. The van der Waals surface area contributed by atoms with Crippen LogP contribution in [0.3, 0.4) is 0 Å². The molecule has 4 N–H and O–H groups in total. The van der Waals surface area contributed by atoms with Gasteiger partial charge in [-0.25, -0.2) is 0 Å². The number of nitrogens with zero attached hydrogens (tertiary/aromatic N) is 3. The van der Waals surface area contributed by atoms with Gasteiger partial charge in [0.15, 0.2) is 0 Å². The van der Waals surface area contributed by atoms with Gasteiger partial charge in [0.25, 0.3) is 0 Å². The molecule has 0 atom stereocenters. The van der Waals surface area contributed by atoms with E-state index in [-0.39, 0.29) is 5.41 Å². The van der Waals surface area contributed by atoms with Gasteiger partial charge < -0.3 is 25.2 Å². The highest BCUT2D eigenvalue weighted by molar-refractivity contribution is 6.13.